The van der Waals surface area contributed by atoms with Crippen LogP contribution in [0.1, 0.15) is 40.5 Å². The molecule has 0 aromatic rings. The van der Waals surface area contributed by atoms with E-state index in [2.05, 4.69) is 43.4 Å². The minimum atomic E-state index is -0.0765. The number of carbonyl (C=O) groups excluding carboxylic acids is 1. The van der Waals surface area contributed by atoms with Crippen LogP contribution in [0.25, 0.3) is 0 Å². The van der Waals surface area contributed by atoms with Crippen molar-refractivity contribution in [2.75, 3.05) is 33.2 Å². The lowest BCUT2D eigenvalue weighted by atomic mass is 10.4. The molecular weight excluding hydrogens is 202 g/mol. The molecule has 16 heavy (non-hydrogen) atoms. The summed E-state index contributed by atoms with van der Waals surface area (Å²) in [4.78, 5) is 13.1. The molecule has 2 amide bonds. The number of hydrogen-bond donors (Lipinski definition) is 2. The summed E-state index contributed by atoms with van der Waals surface area (Å²) in [5.41, 5.74) is 0. The Labute approximate surface area is 101 Å². The first-order valence-corrected chi connectivity index (χ1v) is 6.32. The maximum absolute atomic E-state index is 10.9. The number of rotatable bonds is 6. The van der Waals surface area contributed by atoms with Gasteiger partial charge in [0.15, 0.2) is 0 Å². The van der Waals surface area contributed by atoms with Gasteiger partial charge in [-0.3, -0.25) is 0 Å². The summed E-state index contributed by atoms with van der Waals surface area (Å²) < 4.78 is 0. The van der Waals surface area contributed by atoms with Gasteiger partial charge >= 0.3 is 6.03 Å². The zero-order valence-electron chi connectivity index (χ0n) is 11.6. The van der Waals surface area contributed by atoms with Gasteiger partial charge in [-0.25, -0.2) is 4.79 Å². The lowest BCUT2D eigenvalue weighted by Gasteiger charge is -2.15. The van der Waals surface area contributed by atoms with E-state index >= 15 is 0 Å². The highest BCUT2D eigenvalue weighted by molar-refractivity contribution is 5.73. The van der Waals surface area contributed by atoms with Crippen molar-refractivity contribution in [1.82, 2.24) is 15.5 Å². The Morgan fingerprint density at radius 1 is 1.06 bits per heavy atom. The van der Waals surface area contributed by atoms with Crippen molar-refractivity contribution >= 4 is 6.03 Å². The Morgan fingerprint density at radius 3 is 2.06 bits per heavy atom. The van der Waals surface area contributed by atoms with Gasteiger partial charge in [-0.05, 0) is 26.9 Å². The van der Waals surface area contributed by atoms with E-state index in [1.165, 1.54) is 6.42 Å². The van der Waals surface area contributed by atoms with Crippen LogP contribution in [0.3, 0.4) is 0 Å². The van der Waals surface area contributed by atoms with E-state index in [1.807, 2.05) is 6.92 Å². The lowest BCUT2D eigenvalue weighted by molar-refractivity contribution is 0.239. The molecule has 4 nitrogen and oxygen atoms in total. The van der Waals surface area contributed by atoms with Crippen LogP contribution < -0.4 is 10.6 Å². The average molecular weight is 231 g/mol. The third-order valence-electron chi connectivity index (χ3n) is 1.72. The maximum atomic E-state index is 10.9. The monoisotopic (exact) mass is 231 g/mol. The molecule has 0 aliphatic rings. The molecule has 0 fully saturated rings. The molecule has 0 aromatic heterocycles. The van der Waals surface area contributed by atoms with E-state index in [-0.39, 0.29) is 6.03 Å². The normalized spacial score (nSPS) is 9.38. The van der Waals surface area contributed by atoms with E-state index in [9.17, 15) is 4.79 Å². The maximum Gasteiger partial charge on any atom is 0.314 e. The summed E-state index contributed by atoms with van der Waals surface area (Å²) in [7, 11) is 2.06. The molecule has 0 rings (SSSR count). The fourth-order valence-corrected chi connectivity index (χ4v) is 1.08. The van der Waals surface area contributed by atoms with Crippen LogP contribution in [0.4, 0.5) is 4.79 Å². The quantitative estimate of drug-likeness (QED) is 0.735. The van der Waals surface area contributed by atoms with E-state index < -0.39 is 0 Å². The van der Waals surface area contributed by atoms with Gasteiger partial charge in [-0.15, -0.1) is 0 Å². The van der Waals surface area contributed by atoms with Crippen molar-refractivity contribution in [3.05, 3.63) is 0 Å². The molecule has 98 valence electrons. The molecule has 0 unspecified atom stereocenters. The second-order valence-corrected chi connectivity index (χ2v) is 3.80. The number of nitrogens with zero attached hydrogens (tertiary/aromatic N) is 1. The SMILES string of the molecule is CCC.CCCN(C)CCNC(=O)NCC. The van der Waals surface area contributed by atoms with E-state index in [0.29, 0.717) is 13.1 Å². The molecular formula is C12H29N3O. The summed E-state index contributed by atoms with van der Waals surface area (Å²) in [5.74, 6) is 0. The van der Waals surface area contributed by atoms with Crippen LogP contribution in [-0.2, 0) is 0 Å². The number of amides is 2. The summed E-state index contributed by atoms with van der Waals surface area (Å²) in [6, 6.07) is -0.0765. The van der Waals surface area contributed by atoms with Crippen LogP contribution in [0.5, 0.6) is 0 Å². The Bertz CT molecular complexity index is 151. The molecule has 0 saturated heterocycles. The minimum absolute atomic E-state index is 0.0765. The fraction of sp³-hybridized carbons (Fsp3) is 0.917. The van der Waals surface area contributed by atoms with Crippen LogP contribution in [0, 0.1) is 0 Å². The Hall–Kier alpha value is -0.770. The van der Waals surface area contributed by atoms with Gasteiger partial charge in [0, 0.05) is 19.6 Å². The molecule has 0 aromatic carbocycles. The molecule has 4 heteroatoms. The third kappa shape index (κ3) is 15.7. The molecule has 2 N–H and O–H groups in total. The van der Waals surface area contributed by atoms with Crippen LogP contribution in [0.2, 0.25) is 0 Å². The van der Waals surface area contributed by atoms with Gasteiger partial charge in [0.1, 0.15) is 0 Å². The molecule has 0 aliphatic carbocycles. The number of nitrogens with one attached hydrogen (secondary N) is 2. The largest absolute Gasteiger partial charge is 0.338 e. The first kappa shape index (κ1) is 17.6. The van der Waals surface area contributed by atoms with Crippen molar-refractivity contribution in [3.8, 4) is 0 Å². The fourth-order valence-electron chi connectivity index (χ4n) is 1.08. The predicted octanol–water partition coefficient (Wildman–Crippen LogP) is 2.06. The molecule has 0 aliphatic heterocycles. The third-order valence-corrected chi connectivity index (χ3v) is 1.72. The molecule has 0 atom stereocenters. The van der Waals surface area contributed by atoms with Gasteiger partial charge in [0.25, 0.3) is 0 Å². The van der Waals surface area contributed by atoms with Crippen LogP contribution in [-0.4, -0.2) is 44.2 Å². The highest BCUT2D eigenvalue weighted by atomic mass is 16.2. The first-order chi connectivity index (χ1) is 7.62. The number of carbonyl (C=O) groups is 1. The van der Waals surface area contributed by atoms with Crippen molar-refractivity contribution < 1.29 is 4.79 Å². The van der Waals surface area contributed by atoms with Crippen LogP contribution >= 0.6 is 0 Å². The second-order valence-electron chi connectivity index (χ2n) is 3.80. The average Bonchev–Trinajstić information content (AvgIpc) is 2.19. The zero-order chi connectivity index (χ0) is 12.8. The van der Waals surface area contributed by atoms with E-state index in [0.717, 1.165) is 19.5 Å². The number of urea groups is 1. The van der Waals surface area contributed by atoms with E-state index in [4.69, 9.17) is 0 Å². The minimum Gasteiger partial charge on any atom is -0.338 e. The summed E-state index contributed by atoms with van der Waals surface area (Å²) in [5, 5.41) is 5.46. The van der Waals surface area contributed by atoms with Crippen LogP contribution in [0.15, 0.2) is 0 Å². The van der Waals surface area contributed by atoms with Gasteiger partial charge < -0.3 is 15.5 Å². The van der Waals surface area contributed by atoms with E-state index in [1.54, 1.807) is 0 Å². The van der Waals surface area contributed by atoms with Crippen molar-refractivity contribution in [2.45, 2.75) is 40.5 Å². The second kappa shape index (κ2) is 14.2. The first-order valence-electron chi connectivity index (χ1n) is 6.32. The standard InChI is InChI=1S/C9H21N3O.C3H8/c1-4-7-12(3)8-6-11-9(13)10-5-2;1-3-2/h4-8H2,1-3H3,(H2,10,11,13);3H2,1-2H3. The molecule has 0 saturated carbocycles. The Balaban J connectivity index is 0. The van der Waals surface area contributed by atoms with Crippen molar-refractivity contribution in [2.24, 2.45) is 0 Å². The van der Waals surface area contributed by atoms with Gasteiger partial charge in [0.2, 0.25) is 0 Å². The van der Waals surface area contributed by atoms with Gasteiger partial charge in [-0.2, -0.15) is 0 Å². The summed E-state index contributed by atoms with van der Waals surface area (Å²) in [6.45, 7) is 11.7. The Kier molecular flexibility index (Phi) is 15.7. The number of likely N-dealkylation sites (N-methyl/N-ethyl adjacent to an activating group) is 1. The molecule has 0 spiro atoms. The van der Waals surface area contributed by atoms with Gasteiger partial charge in [-0.1, -0.05) is 27.2 Å². The highest BCUT2D eigenvalue weighted by Crippen LogP contribution is 1.83. The van der Waals surface area contributed by atoms with Crippen molar-refractivity contribution in [1.29, 1.82) is 0 Å². The lowest BCUT2D eigenvalue weighted by Crippen LogP contribution is -2.39. The highest BCUT2D eigenvalue weighted by Gasteiger charge is 1.98. The molecule has 0 bridgehead atoms. The Morgan fingerprint density at radius 2 is 1.62 bits per heavy atom. The molecule has 0 heterocycles. The van der Waals surface area contributed by atoms with Crippen molar-refractivity contribution in [3.63, 3.8) is 0 Å². The van der Waals surface area contributed by atoms with Gasteiger partial charge in [0.05, 0.1) is 0 Å². The predicted molar refractivity (Wildman–Crippen MR) is 70.8 cm³/mol. The summed E-state index contributed by atoms with van der Waals surface area (Å²) >= 11 is 0. The smallest absolute Gasteiger partial charge is 0.314 e. The molecule has 0 radical (unpaired) electrons. The zero-order valence-corrected chi connectivity index (χ0v) is 11.6. The number of hydrogen-bond acceptors (Lipinski definition) is 2. The summed E-state index contributed by atoms with van der Waals surface area (Å²) in [6.07, 6.45) is 2.40. The topological polar surface area (TPSA) is 44.4 Å².